The number of amidine groups is 1. The van der Waals surface area contributed by atoms with Gasteiger partial charge in [0.15, 0.2) is 5.17 Å². The predicted molar refractivity (Wildman–Crippen MR) is 96.0 cm³/mol. The van der Waals surface area contributed by atoms with E-state index in [4.69, 9.17) is 10.5 Å². The lowest BCUT2D eigenvalue weighted by molar-refractivity contribution is -0.306. The highest BCUT2D eigenvalue weighted by molar-refractivity contribution is 8.18. The quantitative estimate of drug-likeness (QED) is 0.739. The molecule has 0 aliphatic carbocycles. The molecule has 0 spiro atoms. The number of carbonyl (C=O) groups is 2. The number of carboxylic acid groups (broad SMARTS) is 1. The van der Waals surface area contributed by atoms with Gasteiger partial charge in [0, 0.05) is 36.3 Å². The highest BCUT2D eigenvalue weighted by Crippen LogP contribution is 2.31. The van der Waals surface area contributed by atoms with Crippen molar-refractivity contribution in [2.75, 3.05) is 7.11 Å². The van der Waals surface area contributed by atoms with E-state index in [0.717, 1.165) is 17.3 Å². The first-order valence-corrected chi connectivity index (χ1v) is 8.47. The molecule has 0 fully saturated rings. The van der Waals surface area contributed by atoms with Crippen LogP contribution in [0.3, 0.4) is 0 Å². The maximum atomic E-state index is 11.9. The number of amides is 1. The molecule has 3 rings (SSSR count). The van der Waals surface area contributed by atoms with E-state index in [2.05, 4.69) is 10.1 Å². The van der Waals surface area contributed by atoms with Crippen LogP contribution in [0.5, 0.6) is 5.75 Å². The van der Waals surface area contributed by atoms with Crippen LogP contribution in [0.1, 0.15) is 12.0 Å². The third-order valence-corrected chi connectivity index (χ3v) is 4.43. The van der Waals surface area contributed by atoms with Crippen LogP contribution < -0.4 is 15.6 Å². The summed E-state index contributed by atoms with van der Waals surface area (Å²) in [5.41, 5.74) is 7.65. The van der Waals surface area contributed by atoms with E-state index in [-0.39, 0.29) is 18.1 Å². The number of nitrogens with two attached hydrogens (primary N) is 1. The molecule has 26 heavy (non-hydrogen) atoms. The first-order chi connectivity index (χ1) is 12.5. The summed E-state index contributed by atoms with van der Waals surface area (Å²) in [4.78, 5) is 26.6. The number of hydrogen-bond acceptors (Lipinski definition) is 7. The number of aliphatic carboxylic acids is 1. The third-order valence-electron chi connectivity index (χ3n) is 3.62. The number of aryl methyl sites for hydroxylation is 1. The summed E-state index contributed by atoms with van der Waals surface area (Å²) >= 11 is 1.08. The van der Waals surface area contributed by atoms with Gasteiger partial charge in [0.05, 0.1) is 17.7 Å². The molecule has 0 unspecified atom stereocenters. The summed E-state index contributed by atoms with van der Waals surface area (Å²) in [6.45, 7) is 0.161. The van der Waals surface area contributed by atoms with Gasteiger partial charge < -0.3 is 20.4 Å². The molecule has 1 amide bonds. The third kappa shape index (κ3) is 3.94. The molecule has 1 aromatic carbocycles. The van der Waals surface area contributed by atoms with Gasteiger partial charge in [0.2, 0.25) is 0 Å². The van der Waals surface area contributed by atoms with Crippen LogP contribution >= 0.6 is 11.8 Å². The summed E-state index contributed by atoms with van der Waals surface area (Å²) in [7, 11) is 1.58. The minimum Gasteiger partial charge on any atom is -0.550 e. The van der Waals surface area contributed by atoms with E-state index in [1.54, 1.807) is 31.5 Å². The number of benzene rings is 1. The van der Waals surface area contributed by atoms with Crippen molar-refractivity contribution in [1.82, 2.24) is 9.78 Å². The molecule has 1 aromatic heterocycles. The van der Waals surface area contributed by atoms with Gasteiger partial charge in [-0.2, -0.15) is 10.1 Å². The molecule has 0 radical (unpaired) electrons. The number of rotatable bonds is 6. The van der Waals surface area contributed by atoms with Crippen LogP contribution in [-0.4, -0.2) is 33.9 Å². The molecule has 8 nitrogen and oxygen atoms in total. The van der Waals surface area contributed by atoms with E-state index >= 15 is 0 Å². The van der Waals surface area contributed by atoms with Crippen LogP contribution in [0.4, 0.5) is 0 Å². The molecule has 9 heteroatoms. The highest BCUT2D eigenvalue weighted by atomic mass is 32.2. The van der Waals surface area contributed by atoms with Crippen LogP contribution in [-0.2, 0) is 16.1 Å². The topological polar surface area (TPSA) is 123 Å². The second kappa shape index (κ2) is 7.44. The second-order valence-electron chi connectivity index (χ2n) is 5.41. The Bertz CT molecular complexity index is 915. The fourth-order valence-corrected chi connectivity index (χ4v) is 3.08. The first-order valence-electron chi connectivity index (χ1n) is 7.66. The van der Waals surface area contributed by atoms with Crippen molar-refractivity contribution in [3.8, 4) is 17.0 Å². The zero-order valence-electron chi connectivity index (χ0n) is 13.8. The Balaban J connectivity index is 1.98. The Morgan fingerprint density at radius 1 is 1.38 bits per heavy atom. The molecule has 0 atom stereocenters. The predicted octanol–water partition coefficient (Wildman–Crippen LogP) is 0.628. The highest BCUT2D eigenvalue weighted by Gasteiger charge is 2.21. The monoisotopic (exact) mass is 371 g/mol. The molecule has 0 bridgehead atoms. The zero-order chi connectivity index (χ0) is 18.7. The van der Waals surface area contributed by atoms with Crippen molar-refractivity contribution in [3.05, 3.63) is 40.9 Å². The van der Waals surface area contributed by atoms with Crippen molar-refractivity contribution in [2.45, 2.75) is 13.0 Å². The van der Waals surface area contributed by atoms with Crippen molar-refractivity contribution in [1.29, 1.82) is 0 Å². The van der Waals surface area contributed by atoms with Gasteiger partial charge in [-0.3, -0.25) is 9.48 Å². The molecule has 0 saturated carbocycles. The number of aromatic nitrogens is 2. The lowest BCUT2D eigenvalue weighted by Gasteiger charge is -2.03. The largest absolute Gasteiger partial charge is 0.550 e. The van der Waals surface area contributed by atoms with Crippen LogP contribution in [0.15, 0.2) is 40.4 Å². The van der Waals surface area contributed by atoms with Crippen molar-refractivity contribution < 1.29 is 19.4 Å². The number of methoxy groups -OCH3 is 1. The second-order valence-corrected chi connectivity index (χ2v) is 6.47. The fraction of sp³-hybridized carbons (Fsp3) is 0.176. The van der Waals surface area contributed by atoms with Crippen LogP contribution in [0, 0.1) is 0 Å². The summed E-state index contributed by atoms with van der Waals surface area (Å²) < 4.78 is 6.66. The molecular formula is C17H15N4O4S-. The molecule has 2 N–H and O–H groups in total. The van der Waals surface area contributed by atoms with Gasteiger partial charge in [-0.1, -0.05) is 0 Å². The first kappa shape index (κ1) is 17.7. The van der Waals surface area contributed by atoms with Gasteiger partial charge in [-0.15, -0.1) is 0 Å². The lowest BCUT2D eigenvalue weighted by Crippen LogP contribution is -2.23. The van der Waals surface area contributed by atoms with Crippen molar-refractivity contribution in [2.24, 2.45) is 10.7 Å². The SMILES string of the molecule is COc1ccc(-c2nn(CCC(=O)[O-])cc2C=C2SC(N)=NC2=O)cc1. The van der Waals surface area contributed by atoms with Gasteiger partial charge in [0.1, 0.15) is 5.75 Å². The molecule has 2 heterocycles. The molecule has 1 aliphatic rings. The normalized spacial score (nSPS) is 15.3. The number of hydrogen-bond donors (Lipinski definition) is 1. The average Bonchev–Trinajstić information content (AvgIpc) is 3.16. The van der Waals surface area contributed by atoms with E-state index in [9.17, 15) is 14.7 Å². The molecular weight excluding hydrogens is 356 g/mol. The number of aliphatic imine (C=N–C) groups is 1. The summed E-state index contributed by atoms with van der Waals surface area (Å²) in [5, 5.41) is 15.3. The van der Waals surface area contributed by atoms with Gasteiger partial charge in [-0.25, -0.2) is 0 Å². The minimum absolute atomic E-state index is 0.161. The lowest BCUT2D eigenvalue weighted by atomic mass is 10.1. The van der Waals surface area contributed by atoms with Crippen molar-refractivity contribution >= 4 is 34.9 Å². The Labute approximate surface area is 153 Å². The molecule has 1 aliphatic heterocycles. The maximum Gasteiger partial charge on any atom is 0.286 e. The Kier molecular flexibility index (Phi) is 5.08. The van der Waals surface area contributed by atoms with E-state index in [1.165, 1.54) is 4.68 Å². The summed E-state index contributed by atoms with van der Waals surface area (Å²) in [6.07, 6.45) is 3.17. The van der Waals surface area contributed by atoms with E-state index in [1.807, 2.05) is 12.1 Å². The Hall–Kier alpha value is -3.07. The van der Waals surface area contributed by atoms with Crippen molar-refractivity contribution in [3.63, 3.8) is 0 Å². The Morgan fingerprint density at radius 2 is 2.12 bits per heavy atom. The van der Waals surface area contributed by atoms with E-state index < -0.39 is 11.9 Å². The smallest absolute Gasteiger partial charge is 0.286 e. The standard InChI is InChI=1S/C17H16N4O4S/c1-25-12-4-2-10(3-5-12)15-11(8-13-16(24)19-17(18)26-13)9-21(20-15)7-6-14(22)23/h2-5,8-9H,6-7H2,1H3,(H,22,23)(H2,18,19,24)/p-1. The molecule has 134 valence electrons. The minimum atomic E-state index is -1.16. The molecule has 2 aromatic rings. The average molecular weight is 371 g/mol. The molecule has 0 saturated heterocycles. The van der Waals surface area contributed by atoms with Gasteiger partial charge >= 0.3 is 0 Å². The number of ether oxygens (including phenoxy) is 1. The zero-order valence-corrected chi connectivity index (χ0v) is 14.7. The van der Waals surface area contributed by atoms with Gasteiger partial charge in [0.25, 0.3) is 5.91 Å². The van der Waals surface area contributed by atoms with Crippen LogP contribution in [0.25, 0.3) is 17.3 Å². The summed E-state index contributed by atoms with van der Waals surface area (Å²) in [6, 6.07) is 7.26. The van der Waals surface area contributed by atoms with Crippen LogP contribution in [0.2, 0.25) is 0 Å². The Morgan fingerprint density at radius 3 is 2.69 bits per heavy atom. The number of carbonyl (C=O) groups excluding carboxylic acids is 2. The number of nitrogens with zero attached hydrogens (tertiary/aromatic N) is 3. The van der Waals surface area contributed by atoms with E-state index in [0.29, 0.717) is 21.9 Å². The number of thioether (sulfide) groups is 1. The van der Waals surface area contributed by atoms with Gasteiger partial charge in [-0.05, 0) is 42.1 Å². The maximum absolute atomic E-state index is 11.9. The number of carboxylic acids is 1. The fourth-order valence-electron chi connectivity index (χ4n) is 2.40. The summed E-state index contributed by atoms with van der Waals surface area (Å²) in [5.74, 6) is -0.863.